The van der Waals surface area contributed by atoms with E-state index in [4.69, 9.17) is 27.8 Å². The number of fused-ring (bicyclic) bond motifs is 20. The minimum atomic E-state index is -0.385. The quantitative estimate of drug-likeness (QED) is 0.0912. The van der Waals surface area contributed by atoms with Crippen molar-refractivity contribution < 1.29 is 27.8 Å². The van der Waals surface area contributed by atoms with Gasteiger partial charge in [-0.15, -0.1) is 0 Å². The fraction of sp³-hybridized carbons (Fsp3) is 0.100. The molecule has 0 N–H and O–H groups in total. The number of hydrogen-bond acceptors (Lipinski definition) is 13. The molecule has 23 rings (SSSR count). The van der Waals surface area contributed by atoms with E-state index in [1.54, 1.807) is 23.9 Å². The molecule has 0 bridgehead atoms. The number of furan rings is 2. The van der Waals surface area contributed by atoms with Crippen LogP contribution in [0.4, 0.5) is 73.9 Å². The van der Waals surface area contributed by atoms with Crippen molar-refractivity contribution in [2.24, 2.45) is 0 Å². The summed E-state index contributed by atoms with van der Waals surface area (Å²) in [7, 11) is 0. The standard InChI is InChI=1S/C100H74B3N5O6S2/c1-99(2,3)70-43-27-41-68-90-82(111-95(68)70)47-45-72-97(90)113-87-52-66(105(61-33-19-11-20-34-61)62-35-21-12-22-36-62)50-81-93(87)101(72)74-55-77-85(57-78(74)107(81)115-7)109-86-51-65(104(59-29-15-9-16-30-59)60-31-17-10-18-32-60)49-80-92(86)103(77)75-56-76-84(58-79(75)108(80)116-8)110-88-53-67(106(63-37-23-13-24-38-63)64-39-25-14-26-40-64)54-89-94(88)102(76)73-46-48-83-91(98(73)114-89)69-42-28-44-71(96(69)112-83)100(4,5)6/h9-58H,1-8H3. The van der Waals surface area contributed by atoms with Gasteiger partial charge in [-0.05, 0) is 175 Å². The minimum Gasteiger partial charge on any atom is -0.458 e. The second-order valence-electron chi connectivity index (χ2n) is 33.0. The van der Waals surface area contributed by atoms with E-state index < -0.39 is 0 Å². The van der Waals surface area contributed by atoms with Gasteiger partial charge in [0.2, 0.25) is 0 Å². The first-order chi connectivity index (χ1) is 56.7. The Morgan fingerprint density at radius 1 is 0.276 bits per heavy atom. The van der Waals surface area contributed by atoms with E-state index in [2.05, 4.69) is 381 Å². The zero-order chi connectivity index (χ0) is 77.7. The number of rotatable bonds is 11. The van der Waals surface area contributed by atoms with Crippen LogP contribution in [0.15, 0.2) is 312 Å². The molecule has 0 radical (unpaired) electrons. The van der Waals surface area contributed by atoms with Crippen molar-refractivity contribution in [2.45, 2.75) is 52.4 Å². The molecular weight excluding hydrogens is 1460 g/mol. The molecule has 116 heavy (non-hydrogen) atoms. The number of anilines is 13. The molecule has 17 aromatic rings. The summed E-state index contributed by atoms with van der Waals surface area (Å²) in [5.74, 6) is 6.05. The predicted molar refractivity (Wildman–Crippen MR) is 487 cm³/mol. The molecule has 0 unspecified atom stereocenters. The Labute approximate surface area is 682 Å². The lowest BCUT2D eigenvalue weighted by molar-refractivity contribution is 0.467. The van der Waals surface area contributed by atoms with Crippen LogP contribution in [0.25, 0.3) is 43.9 Å². The summed E-state index contributed by atoms with van der Waals surface area (Å²) in [6, 6.07) is 109. The Morgan fingerprint density at radius 2 is 0.595 bits per heavy atom. The molecule has 6 aliphatic heterocycles. The van der Waals surface area contributed by atoms with Gasteiger partial charge in [-0.3, -0.25) is 8.61 Å². The predicted octanol–water partition coefficient (Wildman–Crippen LogP) is 21.9. The summed E-state index contributed by atoms with van der Waals surface area (Å²) >= 11 is 3.37. The summed E-state index contributed by atoms with van der Waals surface area (Å²) in [6.07, 6.45) is 4.36. The third-order valence-corrected chi connectivity index (χ3v) is 25.7. The highest BCUT2D eigenvalue weighted by Gasteiger charge is 2.51. The molecule has 556 valence electrons. The van der Waals surface area contributed by atoms with E-state index in [1.807, 2.05) is 0 Å². The number of ether oxygens (including phenoxy) is 4. The third-order valence-electron chi connectivity index (χ3n) is 24.2. The van der Waals surface area contributed by atoms with Crippen molar-refractivity contribution in [1.82, 2.24) is 0 Å². The molecule has 0 amide bonds. The molecule has 15 aromatic carbocycles. The SMILES string of the molecule is CSN1c2cc3c(cc2B2c4cc5c(cc4Oc4cc(N(c6ccccc6)c6ccccc6)cc1c42)N(SC)c1cc(N(c2ccccc2)c2ccccc2)cc2c1B5c1ccc4oc5c(C(C)(C)C)cccc5c4c1O2)B1c2ccc4oc5c(C(C)(C)C)cccc5c4c2Oc2cc(N(c4ccccc4)c4ccccc4)cc(c21)O3. The Hall–Kier alpha value is -13.0. The summed E-state index contributed by atoms with van der Waals surface area (Å²) in [4.78, 5) is 6.97. The lowest BCUT2D eigenvalue weighted by atomic mass is 9.30. The summed E-state index contributed by atoms with van der Waals surface area (Å²) in [6.45, 7) is 12.4. The van der Waals surface area contributed by atoms with Crippen molar-refractivity contribution >= 4 is 211 Å². The first-order valence-corrected chi connectivity index (χ1v) is 42.0. The van der Waals surface area contributed by atoms with E-state index in [0.717, 1.165) is 218 Å². The molecule has 0 saturated carbocycles. The molecule has 11 nitrogen and oxygen atoms in total. The Morgan fingerprint density at radius 3 is 0.948 bits per heavy atom. The first kappa shape index (κ1) is 68.6. The zero-order valence-electron chi connectivity index (χ0n) is 65.1. The normalized spacial score (nSPS) is 13.6. The van der Waals surface area contributed by atoms with Crippen LogP contribution in [-0.2, 0) is 10.8 Å². The smallest absolute Gasteiger partial charge is 0.260 e. The van der Waals surface area contributed by atoms with Crippen molar-refractivity contribution in [3.8, 4) is 46.0 Å². The van der Waals surface area contributed by atoms with Crippen LogP contribution in [0.5, 0.6) is 46.0 Å². The highest BCUT2D eigenvalue weighted by molar-refractivity contribution is 8.00. The van der Waals surface area contributed by atoms with Gasteiger partial charge in [-0.1, -0.05) is 211 Å². The molecule has 0 atom stereocenters. The molecule has 0 aliphatic carbocycles. The van der Waals surface area contributed by atoms with Crippen molar-refractivity contribution in [1.29, 1.82) is 0 Å². The number of nitrogens with zero attached hydrogens (tertiary/aromatic N) is 5. The van der Waals surface area contributed by atoms with Crippen LogP contribution < -0.4 is 91.4 Å². The highest BCUT2D eigenvalue weighted by Crippen LogP contribution is 2.54. The average molecular weight is 1540 g/mol. The summed E-state index contributed by atoms with van der Waals surface area (Å²) in [5.41, 5.74) is 27.6. The summed E-state index contributed by atoms with van der Waals surface area (Å²) in [5, 5.41) is 3.93. The van der Waals surface area contributed by atoms with E-state index in [-0.39, 0.29) is 31.0 Å². The largest absolute Gasteiger partial charge is 0.458 e. The van der Waals surface area contributed by atoms with Crippen LogP contribution in [0.2, 0.25) is 0 Å². The monoisotopic (exact) mass is 1540 g/mol. The maximum atomic E-state index is 7.90. The number of para-hydroxylation sites is 8. The number of hydrogen-bond donors (Lipinski definition) is 0. The Kier molecular flexibility index (Phi) is 15.2. The minimum absolute atomic E-state index is 0.201. The maximum Gasteiger partial charge on any atom is 0.260 e. The van der Waals surface area contributed by atoms with Crippen LogP contribution in [0, 0.1) is 0 Å². The van der Waals surface area contributed by atoms with Crippen LogP contribution in [0.1, 0.15) is 52.7 Å². The molecule has 0 spiro atoms. The lowest BCUT2D eigenvalue weighted by Gasteiger charge is -2.43. The van der Waals surface area contributed by atoms with Gasteiger partial charge in [0.15, 0.2) is 0 Å². The maximum absolute atomic E-state index is 7.90. The Balaban J connectivity index is 0.788. The van der Waals surface area contributed by atoms with Gasteiger partial charge in [0.25, 0.3) is 20.1 Å². The second kappa shape index (κ2) is 25.8. The summed E-state index contributed by atoms with van der Waals surface area (Å²) < 4.78 is 50.0. The van der Waals surface area contributed by atoms with Crippen molar-refractivity contribution in [3.05, 3.63) is 314 Å². The third kappa shape index (κ3) is 10.3. The van der Waals surface area contributed by atoms with Crippen LogP contribution >= 0.6 is 23.9 Å². The van der Waals surface area contributed by atoms with Gasteiger partial charge in [0, 0.05) is 110 Å². The van der Waals surface area contributed by atoms with Gasteiger partial charge in [-0.25, -0.2) is 0 Å². The molecule has 0 saturated heterocycles. The zero-order valence-corrected chi connectivity index (χ0v) is 66.7. The fourth-order valence-electron chi connectivity index (χ4n) is 19.3. The molecule has 8 heterocycles. The number of benzene rings is 15. The molecule has 6 aliphatic rings. The van der Waals surface area contributed by atoms with Gasteiger partial charge >= 0.3 is 0 Å². The van der Waals surface area contributed by atoms with Crippen LogP contribution in [0.3, 0.4) is 0 Å². The fourth-order valence-corrected chi connectivity index (χ4v) is 20.7. The molecular formula is C100H74B3N5O6S2. The van der Waals surface area contributed by atoms with Gasteiger partial charge in [0.05, 0.1) is 50.6 Å². The molecule has 0 fully saturated rings. The van der Waals surface area contributed by atoms with Gasteiger partial charge in [0.1, 0.15) is 68.3 Å². The van der Waals surface area contributed by atoms with Crippen molar-refractivity contribution in [2.75, 3.05) is 35.8 Å². The molecule has 2 aromatic heterocycles. The van der Waals surface area contributed by atoms with Crippen molar-refractivity contribution in [3.63, 3.8) is 0 Å². The highest BCUT2D eigenvalue weighted by atomic mass is 32.2. The van der Waals surface area contributed by atoms with E-state index >= 15 is 0 Å². The lowest BCUT2D eigenvalue weighted by Crippen LogP contribution is -2.64. The average Bonchev–Trinajstić information content (AvgIpc) is 1.49. The first-order valence-electron chi connectivity index (χ1n) is 39.7. The van der Waals surface area contributed by atoms with E-state index in [1.165, 1.54) is 0 Å². The van der Waals surface area contributed by atoms with E-state index in [0.29, 0.717) is 5.75 Å². The second-order valence-corrected chi connectivity index (χ2v) is 34.4. The topological polar surface area (TPSA) is 79.4 Å². The molecule has 16 heteroatoms. The Bertz CT molecular complexity index is 6840. The van der Waals surface area contributed by atoms with Gasteiger partial charge < -0.3 is 42.5 Å². The van der Waals surface area contributed by atoms with E-state index in [9.17, 15) is 0 Å². The van der Waals surface area contributed by atoms with Crippen LogP contribution in [-0.4, -0.2) is 32.6 Å². The van der Waals surface area contributed by atoms with Gasteiger partial charge in [-0.2, -0.15) is 0 Å².